The van der Waals surface area contributed by atoms with Gasteiger partial charge in [-0.25, -0.2) is 9.59 Å². The first kappa shape index (κ1) is 30.0. The summed E-state index contributed by atoms with van der Waals surface area (Å²) < 4.78 is 80.4. The van der Waals surface area contributed by atoms with Crippen molar-refractivity contribution < 1.29 is 45.8 Å². The van der Waals surface area contributed by atoms with Gasteiger partial charge in [0.25, 0.3) is 5.91 Å². The average Bonchev–Trinajstić information content (AvgIpc) is 3.08. The van der Waals surface area contributed by atoms with Crippen LogP contribution in [0.2, 0.25) is 0 Å². The highest BCUT2D eigenvalue weighted by Gasteiger charge is 2.34. The van der Waals surface area contributed by atoms with Gasteiger partial charge in [0.15, 0.2) is 0 Å². The Morgan fingerprint density at radius 3 is 2.25 bits per heavy atom. The number of halogens is 6. The number of rotatable bonds is 8. The van der Waals surface area contributed by atoms with Crippen LogP contribution >= 0.6 is 0 Å². The van der Waals surface area contributed by atoms with Crippen molar-refractivity contribution >= 4 is 35.0 Å². The molecule has 15 heteroatoms. The van der Waals surface area contributed by atoms with Crippen LogP contribution in [0.1, 0.15) is 16.7 Å². The number of hydrogen-bond donors (Lipinski definition) is 1. The van der Waals surface area contributed by atoms with Gasteiger partial charge in [-0.05, 0) is 42.3 Å². The summed E-state index contributed by atoms with van der Waals surface area (Å²) >= 11 is 0. The summed E-state index contributed by atoms with van der Waals surface area (Å²) in [6, 6.07) is 7.04. The molecule has 214 valence electrons. The number of aliphatic carboxylic acids is 1. The molecule has 0 aliphatic carbocycles. The molecule has 2 amide bonds. The average molecular weight is 572 g/mol. The highest BCUT2D eigenvalue weighted by molar-refractivity contribution is 6.18. The molecule has 9 nitrogen and oxygen atoms in total. The summed E-state index contributed by atoms with van der Waals surface area (Å²) in [7, 11) is 2.55. The van der Waals surface area contributed by atoms with Crippen LogP contribution in [0.15, 0.2) is 53.0 Å². The van der Waals surface area contributed by atoms with E-state index in [1.165, 1.54) is 38.4 Å². The summed E-state index contributed by atoms with van der Waals surface area (Å²) in [6.07, 6.45) is -8.63. The van der Waals surface area contributed by atoms with Crippen molar-refractivity contribution in [2.75, 3.05) is 11.9 Å². The normalized spacial score (nSPS) is 12.5. The Labute approximate surface area is 222 Å². The highest BCUT2D eigenvalue weighted by Crippen LogP contribution is 2.33. The molecule has 1 heterocycles. The van der Waals surface area contributed by atoms with Crippen LogP contribution in [-0.4, -0.2) is 50.7 Å². The van der Waals surface area contributed by atoms with E-state index < -0.39 is 54.1 Å². The van der Waals surface area contributed by atoms with Crippen molar-refractivity contribution in [3.05, 3.63) is 75.3 Å². The quantitative estimate of drug-likeness (QED) is 0.145. The zero-order chi connectivity index (χ0) is 30.2. The number of alkyl halides is 6. The number of anilines is 1. The van der Waals surface area contributed by atoms with E-state index >= 15 is 0 Å². The molecule has 0 radical (unpaired) electrons. The molecule has 0 aliphatic heterocycles. The summed E-state index contributed by atoms with van der Waals surface area (Å²) in [5, 5.41) is 9.66. The van der Waals surface area contributed by atoms with Gasteiger partial charge < -0.3 is 10.0 Å². The SMILES string of the molecule is Cc1c(CN(C=O)C(=O)/C(=C\N(C)c2ccc3c(c2)n(CC(F)(F)F)c(=O)n3C)C(=O)O)cccc1C(F)(F)F. The van der Waals surface area contributed by atoms with E-state index in [4.69, 9.17) is 0 Å². The second-order valence-corrected chi connectivity index (χ2v) is 8.80. The molecule has 2 aromatic carbocycles. The lowest BCUT2D eigenvalue weighted by molar-refractivity contribution is -0.141. The minimum absolute atomic E-state index is 0.0231. The number of imide groups is 1. The Morgan fingerprint density at radius 1 is 1.05 bits per heavy atom. The minimum atomic E-state index is -4.71. The summed E-state index contributed by atoms with van der Waals surface area (Å²) in [6.45, 7) is -1.09. The smallest absolute Gasteiger partial charge is 0.416 e. The number of benzene rings is 2. The third-order valence-electron chi connectivity index (χ3n) is 6.14. The van der Waals surface area contributed by atoms with E-state index in [0.717, 1.165) is 34.7 Å². The predicted octanol–water partition coefficient (Wildman–Crippen LogP) is 3.82. The Balaban J connectivity index is 1.99. The maximum absolute atomic E-state index is 13.3. The van der Waals surface area contributed by atoms with E-state index in [1.807, 2.05) is 0 Å². The maximum Gasteiger partial charge on any atom is 0.416 e. The molecule has 3 rings (SSSR count). The first-order chi connectivity index (χ1) is 18.5. The van der Waals surface area contributed by atoms with Gasteiger partial charge in [0.2, 0.25) is 6.41 Å². The van der Waals surface area contributed by atoms with Crippen LogP contribution in [0.3, 0.4) is 0 Å². The maximum atomic E-state index is 13.3. The minimum Gasteiger partial charge on any atom is -0.477 e. The van der Waals surface area contributed by atoms with E-state index in [0.29, 0.717) is 9.47 Å². The van der Waals surface area contributed by atoms with E-state index in [1.54, 1.807) is 0 Å². The topological polar surface area (TPSA) is 105 Å². The zero-order valence-corrected chi connectivity index (χ0v) is 21.2. The van der Waals surface area contributed by atoms with Crippen molar-refractivity contribution in [1.29, 1.82) is 0 Å². The number of aromatic nitrogens is 2. The summed E-state index contributed by atoms with van der Waals surface area (Å²) in [5.74, 6) is -3.12. The van der Waals surface area contributed by atoms with Crippen LogP contribution in [-0.2, 0) is 40.7 Å². The highest BCUT2D eigenvalue weighted by atomic mass is 19.4. The number of nitrogens with zero attached hydrogens (tertiary/aromatic N) is 4. The molecular weight excluding hydrogens is 550 g/mol. The van der Waals surface area contributed by atoms with Gasteiger partial charge in [0.1, 0.15) is 12.1 Å². The summed E-state index contributed by atoms with van der Waals surface area (Å²) in [5.41, 5.74) is -3.05. The molecule has 3 aromatic rings. The van der Waals surface area contributed by atoms with Crippen molar-refractivity contribution in [1.82, 2.24) is 14.0 Å². The first-order valence-electron chi connectivity index (χ1n) is 11.3. The standard InChI is InChI=1S/C25H22F6N4O5/c1-14-15(5-4-6-18(14)25(29,30)31)10-34(13-36)21(37)17(22(38)39)11-32(2)16-7-8-19-20(9-16)35(12-24(26,27)28)23(40)33(19)3/h4-9,11,13H,10,12H2,1-3H3,(H,38,39)/b17-11+. The monoisotopic (exact) mass is 572 g/mol. The molecule has 0 bridgehead atoms. The lowest BCUT2D eigenvalue weighted by atomic mass is 10.0. The third kappa shape index (κ3) is 6.18. The Morgan fingerprint density at radius 2 is 1.70 bits per heavy atom. The largest absolute Gasteiger partial charge is 0.477 e. The van der Waals surface area contributed by atoms with Gasteiger partial charge in [-0.2, -0.15) is 26.3 Å². The first-order valence-corrected chi connectivity index (χ1v) is 11.3. The predicted molar refractivity (Wildman–Crippen MR) is 130 cm³/mol. The van der Waals surface area contributed by atoms with Crippen LogP contribution in [0, 0.1) is 6.92 Å². The number of carbonyl (C=O) groups excluding carboxylic acids is 2. The van der Waals surface area contributed by atoms with Gasteiger partial charge in [-0.1, -0.05) is 12.1 Å². The molecule has 40 heavy (non-hydrogen) atoms. The van der Waals surface area contributed by atoms with Gasteiger partial charge in [0.05, 0.1) is 23.1 Å². The molecule has 0 aliphatic rings. The van der Waals surface area contributed by atoms with Crippen molar-refractivity contribution in [3.63, 3.8) is 0 Å². The third-order valence-corrected chi connectivity index (χ3v) is 6.14. The number of carboxylic acids is 1. The number of fused-ring (bicyclic) bond motifs is 1. The van der Waals surface area contributed by atoms with Crippen LogP contribution in [0.25, 0.3) is 11.0 Å². The van der Waals surface area contributed by atoms with E-state index in [2.05, 4.69) is 0 Å². The molecular formula is C25H22F6N4O5. The fourth-order valence-electron chi connectivity index (χ4n) is 4.08. The lowest BCUT2D eigenvalue weighted by Crippen LogP contribution is -2.34. The van der Waals surface area contributed by atoms with Crippen LogP contribution < -0.4 is 10.6 Å². The Bertz CT molecular complexity index is 1570. The van der Waals surface area contributed by atoms with Crippen molar-refractivity contribution in [3.8, 4) is 0 Å². The van der Waals surface area contributed by atoms with Gasteiger partial charge in [-0.15, -0.1) is 0 Å². The molecule has 1 aromatic heterocycles. The summed E-state index contributed by atoms with van der Waals surface area (Å²) in [4.78, 5) is 50.4. The van der Waals surface area contributed by atoms with Gasteiger partial charge in [0, 0.05) is 26.0 Å². The lowest BCUT2D eigenvalue weighted by Gasteiger charge is -2.21. The number of aryl methyl sites for hydroxylation is 1. The second-order valence-electron chi connectivity index (χ2n) is 8.80. The zero-order valence-electron chi connectivity index (χ0n) is 21.2. The van der Waals surface area contributed by atoms with Crippen molar-refractivity contribution in [2.45, 2.75) is 32.4 Å². The van der Waals surface area contributed by atoms with Gasteiger partial charge >= 0.3 is 24.0 Å². The second kappa shape index (κ2) is 10.9. The molecule has 0 unspecified atom stereocenters. The van der Waals surface area contributed by atoms with Crippen LogP contribution in [0.4, 0.5) is 32.0 Å². The molecule has 1 N–H and O–H groups in total. The number of imidazole rings is 1. The fraction of sp³-hybridized carbons (Fsp3) is 0.280. The van der Waals surface area contributed by atoms with Crippen LogP contribution in [0.5, 0.6) is 0 Å². The number of carbonyl (C=O) groups is 3. The molecule has 0 spiro atoms. The van der Waals surface area contributed by atoms with E-state index in [9.17, 15) is 50.6 Å². The number of carboxylic acid groups (broad SMARTS) is 1. The van der Waals surface area contributed by atoms with E-state index in [-0.39, 0.29) is 34.3 Å². The molecule has 0 fully saturated rings. The van der Waals surface area contributed by atoms with Gasteiger partial charge in [-0.3, -0.25) is 23.6 Å². The van der Waals surface area contributed by atoms with Crippen molar-refractivity contribution in [2.24, 2.45) is 7.05 Å². The molecule has 0 atom stereocenters. The Hall–Kier alpha value is -4.56. The Kier molecular flexibility index (Phi) is 8.17. The number of hydrogen-bond acceptors (Lipinski definition) is 5. The molecule has 0 saturated heterocycles. The fourth-order valence-corrected chi connectivity index (χ4v) is 4.08. The number of amides is 2. The molecule has 0 saturated carbocycles.